The van der Waals surface area contributed by atoms with Crippen molar-refractivity contribution in [1.82, 2.24) is 0 Å². The van der Waals surface area contributed by atoms with E-state index in [1.54, 1.807) is 0 Å². The molecule has 0 aliphatic heterocycles. The van der Waals surface area contributed by atoms with Crippen molar-refractivity contribution in [1.29, 1.82) is 0 Å². The van der Waals surface area contributed by atoms with Crippen LogP contribution in [0.25, 0.3) is 0 Å². The number of carbonyl (C=O) groups excluding carboxylic acids is 3. The lowest BCUT2D eigenvalue weighted by atomic mass is 10.0. The maximum absolute atomic E-state index is 13.0. The molecule has 0 aromatic rings. The highest BCUT2D eigenvalue weighted by Gasteiger charge is 2.20. The molecule has 0 aromatic carbocycles. The number of ether oxygens (including phenoxy) is 3. The first kappa shape index (κ1) is 81.4. The van der Waals surface area contributed by atoms with Gasteiger partial charge < -0.3 is 14.2 Å². The maximum atomic E-state index is 13.0. The van der Waals surface area contributed by atoms with Gasteiger partial charge in [-0.2, -0.15) is 0 Å². The zero-order chi connectivity index (χ0) is 59.9. The fraction of sp³-hybridized carbons (Fsp3) is 0.961. The predicted octanol–water partition coefficient (Wildman–Crippen LogP) is 26.6. The predicted molar refractivity (Wildman–Crippen MR) is 363 cm³/mol. The smallest absolute Gasteiger partial charge is 0.306 e. The fourth-order valence-corrected chi connectivity index (χ4v) is 12.3. The molecule has 0 aromatic heterocycles. The highest BCUT2D eigenvalue weighted by molar-refractivity contribution is 5.71. The van der Waals surface area contributed by atoms with Crippen molar-refractivity contribution in [2.45, 2.75) is 463 Å². The first-order chi connectivity index (χ1) is 41.0. The summed E-state index contributed by atoms with van der Waals surface area (Å²) in [7, 11) is 0. The minimum Gasteiger partial charge on any atom is -0.462 e. The van der Waals surface area contributed by atoms with E-state index in [-0.39, 0.29) is 31.1 Å². The van der Waals surface area contributed by atoms with Crippen LogP contribution in [0.3, 0.4) is 0 Å². The van der Waals surface area contributed by atoms with Crippen LogP contribution in [0.4, 0.5) is 0 Å². The molecule has 1 unspecified atom stereocenters. The summed E-state index contributed by atoms with van der Waals surface area (Å²) in [5.74, 6) is -0.819. The van der Waals surface area contributed by atoms with Gasteiger partial charge in [0, 0.05) is 19.3 Å². The second-order valence-electron chi connectivity index (χ2n) is 26.6. The minimum atomic E-state index is -0.763. The summed E-state index contributed by atoms with van der Waals surface area (Å²) < 4.78 is 17.0. The molecule has 0 bridgehead atoms. The molecule has 0 rings (SSSR count). The summed E-state index contributed by atoms with van der Waals surface area (Å²) in [6.45, 7) is 6.74. The summed E-state index contributed by atoms with van der Waals surface area (Å²) in [5.41, 5.74) is 0. The SMILES string of the molecule is CCCCCCCCCCCCCCCCCCCCCCCCCCCCCCCC(=O)OCC(COC(=O)CCCCCCCCCCCCC)OC(=O)CCCCCCCCCCCCCCCCCCCCCCCCCCC. The van der Waals surface area contributed by atoms with Gasteiger partial charge in [-0.25, -0.2) is 0 Å². The largest absolute Gasteiger partial charge is 0.462 e. The quantitative estimate of drug-likeness (QED) is 0.0343. The summed E-state index contributed by atoms with van der Waals surface area (Å²) in [5, 5.41) is 0. The summed E-state index contributed by atoms with van der Waals surface area (Å²) in [6.07, 6.45) is 87.5. The van der Waals surface area contributed by atoms with Gasteiger partial charge in [-0.05, 0) is 19.3 Å². The molecule has 6 heteroatoms. The minimum absolute atomic E-state index is 0.0602. The van der Waals surface area contributed by atoms with E-state index in [0.717, 1.165) is 57.8 Å². The van der Waals surface area contributed by atoms with E-state index in [1.807, 2.05) is 0 Å². The summed E-state index contributed by atoms with van der Waals surface area (Å²) in [6, 6.07) is 0. The Labute approximate surface area is 520 Å². The highest BCUT2D eigenvalue weighted by Crippen LogP contribution is 2.20. The second-order valence-corrected chi connectivity index (χ2v) is 26.6. The lowest BCUT2D eigenvalue weighted by Gasteiger charge is -2.18. The third-order valence-electron chi connectivity index (χ3n) is 18.1. The van der Waals surface area contributed by atoms with Gasteiger partial charge in [-0.1, -0.05) is 419 Å². The average molecular weight is 1170 g/mol. The molecule has 494 valence electrons. The van der Waals surface area contributed by atoms with E-state index in [1.165, 1.54) is 360 Å². The Morgan fingerprint density at radius 2 is 0.325 bits per heavy atom. The summed E-state index contributed by atoms with van der Waals surface area (Å²) >= 11 is 0. The van der Waals surface area contributed by atoms with E-state index in [0.29, 0.717) is 19.3 Å². The van der Waals surface area contributed by atoms with Gasteiger partial charge in [0.1, 0.15) is 13.2 Å². The van der Waals surface area contributed by atoms with E-state index < -0.39 is 6.10 Å². The number of rotatable bonds is 73. The molecule has 0 aliphatic carbocycles. The van der Waals surface area contributed by atoms with Crippen LogP contribution in [0, 0.1) is 0 Å². The van der Waals surface area contributed by atoms with Crippen LogP contribution >= 0.6 is 0 Å². The van der Waals surface area contributed by atoms with Crippen LogP contribution in [-0.4, -0.2) is 37.2 Å². The molecule has 0 heterocycles. The average Bonchev–Trinajstić information content (AvgIpc) is 3.48. The zero-order valence-corrected chi connectivity index (χ0v) is 57.0. The van der Waals surface area contributed by atoms with Crippen LogP contribution in [0.5, 0.6) is 0 Å². The van der Waals surface area contributed by atoms with Crippen molar-refractivity contribution < 1.29 is 28.6 Å². The van der Waals surface area contributed by atoms with Crippen molar-refractivity contribution >= 4 is 17.9 Å². The van der Waals surface area contributed by atoms with E-state index in [9.17, 15) is 14.4 Å². The van der Waals surface area contributed by atoms with Crippen molar-refractivity contribution in [2.75, 3.05) is 13.2 Å². The molecular weight excluding hydrogens is 1020 g/mol. The van der Waals surface area contributed by atoms with E-state index in [4.69, 9.17) is 14.2 Å². The maximum Gasteiger partial charge on any atom is 0.306 e. The van der Waals surface area contributed by atoms with Crippen molar-refractivity contribution in [2.24, 2.45) is 0 Å². The van der Waals surface area contributed by atoms with Crippen molar-refractivity contribution in [3.05, 3.63) is 0 Å². The molecule has 0 fully saturated rings. The molecular formula is C77H150O6. The van der Waals surface area contributed by atoms with Crippen LogP contribution in [0.1, 0.15) is 457 Å². The number of carbonyl (C=O) groups is 3. The van der Waals surface area contributed by atoms with Crippen LogP contribution < -0.4 is 0 Å². The normalized spacial score (nSPS) is 11.9. The molecule has 0 radical (unpaired) electrons. The molecule has 0 amide bonds. The van der Waals surface area contributed by atoms with Gasteiger partial charge >= 0.3 is 17.9 Å². The molecule has 0 N–H and O–H groups in total. The first-order valence-corrected chi connectivity index (χ1v) is 38.5. The Kier molecular flexibility index (Phi) is 71.5. The Bertz CT molecular complexity index is 1250. The molecule has 83 heavy (non-hydrogen) atoms. The highest BCUT2D eigenvalue weighted by atomic mass is 16.6. The third kappa shape index (κ3) is 71.1. The lowest BCUT2D eigenvalue weighted by molar-refractivity contribution is -0.167. The number of esters is 3. The number of unbranched alkanes of at least 4 members (excludes halogenated alkanes) is 62. The first-order valence-electron chi connectivity index (χ1n) is 38.5. The molecule has 0 spiro atoms. The van der Waals surface area contributed by atoms with Gasteiger partial charge in [0.2, 0.25) is 0 Å². The number of hydrogen-bond donors (Lipinski definition) is 0. The summed E-state index contributed by atoms with van der Waals surface area (Å²) in [4.78, 5) is 38.4. The Hall–Kier alpha value is -1.59. The zero-order valence-electron chi connectivity index (χ0n) is 57.0. The topological polar surface area (TPSA) is 78.9 Å². The molecule has 6 nitrogen and oxygen atoms in total. The van der Waals surface area contributed by atoms with Gasteiger partial charge in [-0.15, -0.1) is 0 Å². The van der Waals surface area contributed by atoms with Crippen molar-refractivity contribution in [3.63, 3.8) is 0 Å². The fourth-order valence-electron chi connectivity index (χ4n) is 12.3. The van der Waals surface area contributed by atoms with Crippen LogP contribution in [0.2, 0.25) is 0 Å². The lowest BCUT2D eigenvalue weighted by Crippen LogP contribution is -2.30. The van der Waals surface area contributed by atoms with Gasteiger partial charge in [0.25, 0.3) is 0 Å². The number of hydrogen-bond acceptors (Lipinski definition) is 6. The van der Waals surface area contributed by atoms with Gasteiger partial charge in [-0.3, -0.25) is 14.4 Å². The molecule has 0 aliphatic rings. The molecule has 0 saturated heterocycles. The third-order valence-corrected chi connectivity index (χ3v) is 18.1. The Morgan fingerprint density at radius 1 is 0.193 bits per heavy atom. The molecule has 0 saturated carbocycles. The Morgan fingerprint density at radius 3 is 0.482 bits per heavy atom. The van der Waals surface area contributed by atoms with E-state index >= 15 is 0 Å². The monoisotopic (exact) mass is 1170 g/mol. The van der Waals surface area contributed by atoms with Crippen LogP contribution in [0.15, 0.2) is 0 Å². The van der Waals surface area contributed by atoms with Gasteiger partial charge in [0.15, 0.2) is 6.10 Å². The standard InChI is InChI=1S/C77H150O6/c1-4-7-10-13-16-19-22-24-26-28-30-32-34-36-37-38-39-41-42-44-46-48-50-52-55-58-61-64-67-70-76(79)82-73-74(72-81-75(78)69-66-63-60-57-54-21-18-15-12-9-6-3)83-77(80)71-68-65-62-59-56-53-51-49-47-45-43-40-35-33-31-29-27-25-23-20-17-14-11-8-5-2/h74H,4-73H2,1-3H3. The second kappa shape index (κ2) is 72.9. The van der Waals surface area contributed by atoms with Gasteiger partial charge in [0.05, 0.1) is 0 Å². The van der Waals surface area contributed by atoms with E-state index in [2.05, 4.69) is 20.8 Å². The van der Waals surface area contributed by atoms with Crippen molar-refractivity contribution in [3.8, 4) is 0 Å². The molecule has 1 atom stereocenters. The van der Waals surface area contributed by atoms with Crippen LogP contribution in [-0.2, 0) is 28.6 Å². The Balaban J connectivity index is 4.08.